The van der Waals surface area contributed by atoms with Gasteiger partial charge in [0.1, 0.15) is 5.78 Å². The minimum Gasteiger partial charge on any atom is -0.466 e. The average Bonchev–Trinajstić information content (AvgIpc) is 2.85. The van der Waals surface area contributed by atoms with Gasteiger partial charge in [-0.3, -0.25) is 4.79 Å². The average molecular weight is 182 g/mol. The van der Waals surface area contributed by atoms with Crippen molar-refractivity contribution in [2.75, 3.05) is 7.11 Å². The fourth-order valence-electron chi connectivity index (χ4n) is 1.30. The molecule has 0 heterocycles. The van der Waals surface area contributed by atoms with Crippen molar-refractivity contribution >= 4 is 11.8 Å². The summed E-state index contributed by atoms with van der Waals surface area (Å²) in [6.45, 7) is 1.61. The molecule has 3 nitrogen and oxygen atoms in total. The molecule has 13 heavy (non-hydrogen) atoms. The molecule has 0 bridgehead atoms. The Morgan fingerprint density at radius 2 is 2.08 bits per heavy atom. The maximum absolute atomic E-state index is 11.1. The number of carbonyl (C=O) groups is 2. The Morgan fingerprint density at radius 1 is 1.46 bits per heavy atom. The lowest BCUT2D eigenvalue weighted by Gasteiger charge is -2.05. The standard InChI is InChI=1S/C10H14O3/c1-8(11)10(6-7-10)5-3-4-9(12)13-2/h3-4H,5-7H2,1-2H3. The summed E-state index contributed by atoms with van der Waals surface area (Å²) in [5.41, 5.74) is -0.148. The Bertz CT molecular complexity index is 249. The molecule has 0 aromatic carbocycles. The second kappa shape index (κ2) is 3.73. The molecule has 0 amide bonds. The molecule has 0 saturated heterocycles. The van der Waals surface area contributed by atoms with Gasteiger partial charge in [0.25, 0.3) is 0 Å². The van der Waals surface area contributed by atoms with Crippen molar-refractivity contribution in [3.05, 3.63) is 12.2 Å². The number of methoxy groups -OCH3 is 1. The van der Waals surface area contributed by atoms with E-state index in [0.717, 1.165) is 12.8 Å². The SMILES string of the molecule is COC(=O)C=CCC1(C(C)=O)CC1. The van der Waals surface area contributed by atoms with Crippen LogP contribution in [0.15, 0.2) is 12.2 Å². The molecule has 0 radical (unpaired) electrons. The van der Waals surface area contributed by atoms with Gasteiger partial charge in [-0.15, -0.1) is 0 Å². The zero-order chi connectivity index (χ0) is 9.90. The van der Waals surface area contributed by atoms with E-state index in [-0.39, 0.29) is 17.2 Å². The molecule has 1 saturated carbocycles. The summed E-state index contributed by atoms with van der Waals surface area (Å²) < 4.78 is 4.44. The summed E-state index contributed by atoms with van der Waals surface area (Å²) in [5.74, 6) is -0.138. The second-order valence-corrected chi connectivity index (χ2v) is 3.47. The predicted octanol–water partition coefficient (Wildman–Crippen LogP) is 1.47. The molecule has 1 rings (SSSR count). The summed E-state index contributed by atoms with van der Waals surface area (Å²) >= 11 is 0. The summed E-state index contributed by atoms with van der Waals surface area (Å²) in [6.07, 6.45) is 5.67. The van der Waals surface area contributed by atoms with Crippen molar-refractivity contribution in [1.29, 1.82) is 0 Å². The highest BCUT2D eigenvalue weighted by Crippen LogP contribution is 2.49. The van der Waals surface area contributed by atoms with Crippen molar-refractivity contribution in [2.24, 2.45) is 5.41 Å². The first kappa shape index (κ1) is 9.96. The first-order valence-electron chi connectivity index (χ1n) is 4.36. The van der Waals surface area contributed by atoms with E-state index in [1.807, 2.05) is 0 Å². The number of esters is 1. The minimum absolute atomic E-state index is 0.148. The molecule has 0 aliphatic heterocycles. The third-order valence-electron chi connectivity index (χ3n) is 2.56. The molecule has 0 unspecified atom stereocenters. The Morgan fingerprint density at radius 3 is 2.46 bits per heavy atom. The number of ketones is 1. The van der Waals surface area contributed by atoms with Crippen LogP contribution in [0.5, 0.6) is 0 Å². The van der Waals surface area contributed by atoms with Gasteiger partial charge < -0.3 is 4.74 Å². The lowest BCUT2D eigenvalue weighted by molar-refractivity contribution is -0.134. The van der Waals surface area contributed by atoms with E-state index in [2.05, 4.69) is 4.74 Å². The zero-order valence-corrected chi connectivity index (χ0v) is 8.00. The molecule has 1 aliphatic carbocycles. The van der Waals surface area contributed by atoms with Crippen LogP contribution in [0.1, 0.15) is 26.2 Å². The number of carbonyl (C=O) groups excluding carboxylic acids is 2. The van der Waals surface area contributed by atoms with E-state index >= 15 is 0 Å². The lowest BCUT2D eigenvalue weighted by Crippen LogP contribution is -2.10. The zero-order valence-electron chi connectivity index (χ0n) is 8.00. The van der Waals surface area contributed by atoms with Crippen molar-refractivity contribution in [3.63, 3.8) is 0 Å². The number of allylic oxidation sites excluding steroid dienone is 1. The normalized spacial score (nSPS) is 18.6. The number of rotatable bonds is 4. The Balaban J connectivity index is 2.38. The fourth-order valence-corrected chi connectivity index (χ4v) is 1.30. The van der Waals surface area contributed by atoms with E-state index in [1.165, 1.54) is 13.2 Å². The van der Waals surface area contributed by atoms with E-state index in [9.17, 15) is 9.59 Å². The molecule has 1 aliphatic rings. The van der Waals surface area contributed by atoms with Crippen molar-refractivity contribution in [3.8, 4) is 0 Å². The molecule has 0 aromatic heterocycles. The van der Waals surface area contributed by atoms with Gasteiger partial charge in [-0.1, -0.05) is 6.08 Å². The highest BCUT2D eigenvalue weighted by molar-refractivity contribution is 5.86. The summed E-state index contributed by atoms with van der Waals surface area (Å²) in [4.78, 5) is 21.8. The molecular formula is C10H14O3. The van der Waals surface area contributed by atoms with Gasteiger partial charge in [0.2, 0.25) is 0 Å². The quantitative estimate of drug-likeness (QED) is 0.488. The molecule has 72 valence electrons. The Hall–Kier alpha value is -1.12. The second-order valence-electron chi connectivity index (χ2n) is 3.47. The van der Waals surface area contributed by atoms with E-state index in [1.54, 1.807) is 13.0 Å². The first-order chi connectivity index (χ1) is 6.10. The molecular weight excluding hydrogens is 168 g/mol. The molecule has 0 atom stereocenters. The van der Waals surface area contributed by atoms with Gasteiger partial charge >= 0.3 is 5.97 Å². The Kier molecular flexibility index (Phi) is 2.86. The molecule has 3 heteroatoms. The van der Waals surface area contributed by atoms with Crippen molar-refractivity contribution in [1.82, 2.24) is 0 Å². The highest BCUT2D eigenvalue weighted by Gasteiger charge is 2.45. The predicted molar refractivity (Wildman–Crippen MR) is 48.1 cm³/mol. The summed E-state index contributed by atoms with van der Waals surface area (Å²) in [5, 5.41) is 0. The largest absolute Gasteiger partial charge is 0.466 e. The van der Waals surface area contributed by atoms with Gasteiger partial charge in [-0.05, 0) is 26.2 Å². The molecule has 1 fully saturated rings. The van der Waals surface area contributed by atoms with E-state index < -0.39 is 0 Å². The van der Waals surface area contributed by atoms with E-state index in [4.69, 9.17) is 0 Å². The van der Waals surface area contributed by atoms with Gasteiger partial charge in [0.15, 0.2) is 0 Å². The van der Waals surface area contributed by atoms with Crippen LogP contribution in [0.2, 0.25) is 0 Å². The smallest absolute Gasteiger partial charge is 0.330 e. The van der Waals surface area contributed by atoms with Gasteiger partial charge in [-0.2, -0.15) is 0 Å². The number of Topliss-reactive ketones (excluding diaryl/α,β-unsaturated/α-hetero) is 1. The fraction of sp³-hybridized carbons (Fsp3) is 0.600. The van der Waals surface area contributed by atoms with Crippen molar-refractivity contribution in [2.45, 2.75) is 26.2 Å². The maximum Gasteiger partial charge on any atom is 0.330 e. The molecule has 0 spiro atoms. The Labute approximate surface area is 77.8 Å². The maximum atomic E-state index is 11.1. The minimum atomic E-state index is -0.362. The van der Waals surface area contributed by atoms with Crippen LogP contribution in [0.4, 0.5) is 0 Å². The lowest BCUT2D eigenvalue weighted by atomic mass is 9.98. The van der Waals surface area contributed by atoms with Crippen LogP contribution in [-0.4, -0.2) is 18.9 Å². The highest BCUT2D eigenvalue weighted by atomic mass is 16.5. The molecule has 0 N–H and O–H groups in total. The van der Waals surface area contributed by atoms with Crippen LogP contribution in [-0.2, 0) is 14.3 Å². The third kappa shape index (κ3) is 2.41. The topological polar surface area (TPSA) is 43.4 Å². The first-order valence-corrected chi connectivity index (χ1v) is 4.36. The molecule has 0 aromatic rings. The van der Waals surface area contributed by atoms with Gasteiger partial charge in [-0.25, -0.2) is 4.79 Å². The van der Waals surface area contributed by atoms with Crippen LogP contribution in [0, 0.1) is 5.41 Å². The number of hydrogen-bond donors (Lipinski definition) is 0. The monoisotopic (exact) mass is 182 g/mol. The van der Waals surface area contributed by atoms with Crippen LogP contribution in [0.25, 0.3) is 0 Å². The van der Waals surface area contributed by atoms with Crippen LogP contribution in [0.3, 0.4) is 0 Å². The van der Waals surface area contributed by atoms with Crippen molar-refractivity contribution < 1.29 is 14.3 Å². The van der Waals surface area contributed by atoms with E-state index in [0.29, 0.717) is 6.42 Å². The van der Waals surface area contributed by atoms with Crippen LogP contribution >= 0.6 is 0 Å². The summed E-state index contributed by atoms with van der Waals surface area (Å²) in [7, 11) is 1.34. The van der Waals surface area contributed by atoms with Gasteiger partial charge in [0.05, 0.1) is 7.11 Å². The number of ether oxygens (including phenoxy) is 1. The summed E-state index contributed by atoms with van der Waals surface area (Å²) in [6, 6.07) is 0. The van der Waals surface area contributed by atoms with Gasteiger partial charge in [0, 0.05) is 11.5 Å². The number of hydrogen-bond acceptors (Lipinski definition) is 3. The third-order valence-corrected chi connectivity index (χ3v) is 2.56. The van der Waals surface area contributed by atoms with Crippen LogP contribution < -0.4 is 0 Å².